The highest BCUT2D eigenvalue weighted by Gasteiger charge is 2.20. The number of hydrogen-bond acceptors (Lipinski definition) is 7. The van der Waals surface area contributed by atoms with Crippen molar-refractivity contribution in [1.82, 2.24) is 30.1 Å². The molecule has 4 rings (SSSR count). The van der Waals surface area contributed by atoms with E-state index < -0.39 is 4.92 Å². The first kappa shape index (κ1) is 22.6. The first-order valence-electron chi connectivity index (χ1n) is 11.0. The van der Waals surface area contributed by atoms with Crippen LogP contribution in [0.3, 0.4) is 0 Å². The number of hydrogen-bond donors (Lipinski definition) is 1. The Morgan fingerprint density at radius 3 is 2.52 bits per heavy atom. The van der Waals surface area contributed by atoms with Crippen LogP contribution in [0.4, 0.5) is 5.69 Å². The molecule has 1 aromatic heterocycles. The SMILES string of the molecule is Cc1c(C(=O)NCCN2CCN(Cc3ccccc3)CC2)nnn1-c1cccc([N+](=O)[O-])c1. The summed E-state index contributed by atoms with van der Waals surface area (Å²) in [6, 6.07) is 16.5. The summed E-state index contributed by atoms with van der Waals surface area (Å²) in [5, 5.41) is 21.9. The molecule has 0 bridgehead atoms. The van der Waals surface area contributed by atoms with E-state index in [0.717, 1.165) is 39.3 Å². The predicted molar refractivity (Wildman–Crippen MR) is 123 cm³/mol. The summed E-state index contributed by atoms with van der Waals surface area (Å²) in [4.78, 5) is 28.0. The van der Waals surface area contributed by atoms with Crippen LogP contribution in [0.1, 0.15) is 21.7 Å². The molecule has 1 aliphatic rings. The molecule has 172 valence electrons. The molecule has 10 nitrogen and oxygen atoms in total. The van der Waals surface area contributed by atoms with Crippen LogP contribution in [0.25, 0.3) is 5.69 Å². The van der Waals surface area contributed by atoms with Gasteiger partial charge in [-0.1, -0.05) is 41.6 Å². The number of rotatable bonds is 8. The van der Waals surface area contributed by atoms with Gasteiger partial charge in [0, 0.05) is 57.9 Å². The van der Waals surface area contributed by atoms with Gasteiger partial charge in [-0.05, 0) is 18.6 Å². The van der Waals surface area contributed by atoms with Gasteiger partial charge in [0.25, 0.3) is 11.6 Å². The lowest BCUT2D eigenvalue weighted by molar-refractivity contribution is -0.384. The van der Waals surface area contributed by atoms with Crippen molar-refractivity contribution in [2.75, 3.05) is 39.3 Å². The molecule has 0 spiro atoms. The predicted octanol–water partition coefficient (Wildman–Crippen LogP) is 2.03. The second-order valence-corrected chi connectivity index (χ2v) is 8.07. The van der Waals surface area contributed by atoms with Crippen LogP contribution >= 0.6 is 0 Å². The van der Waals surface area contributed by atoms with Gasteiger partial charge in [-0.2, -0.15) is 0 Å². The Kier molecular flexibility index (Phi) is 7.06. The van der Waals surface area contributed by atoms with Crippen molar-refractivity contribution >= 4 is 11.6 Å². The summed E-state index contributed by atoms with van der Waals surface area (Å²) in [5.74, 6) is -0.299. The Hall–Kier alpha value is -3.63. The van der Waals surface area contributed by atoms with Gasteiger partial charge in [-0.15, -0.1) is 5.10 Å². The van der Waals surface area contributed by atoms with E-state index in [9.17, 15) is 14.9 Å². The molecule has 1 saturated heterocycles. The second kappa shape index (κ2) is 10.3. The average molecular weight is 450 g/mol. The molecule has 1 fully saturated rings. The molecular formula is C23H27N7O3. The van der Waals surface area contributed by atoms with Crippen molar-refractivity contribution in [3.63, 3.8) is 0 Å². The van der Waals surface area contributed by atoms with Gasteiger partial charge >= 0.3 is 0 Å². The summed E-state index contributed by atoms with van der Waals surface area (Å²) in [6.07, 6.45) is 0. The van der Waals surface area contributed by atoms with E-state index in [0.29, 0.717) is 17.9 Å². The molecule has 1 amide bonds. The zero-order chi connectivity index (χ0) is 23.2. The number of nitro benzene ring substituents is 1. The topological polar surface area (TPSA) is 109 Å². The minimum atomic E-state index is -0.467. The van der Waals surface area contributed by atoms with Crippen LogP contribution < -0.4 is 5.32 Å². The molecule has 10 heteroatoms. The minimum Gasteiger partial charge on any atom is -0.349 e. The van der Waals surface area contributed by atoms with Gasteiger partial charge < -0.3 is 5.32 Å². The van der Waals surface area contributed by atoms with Gasteiger partial charge in [0.05, 0.1) is 16.3 Å². The minimum absolute atomic E-state index is 0.0442. The maximum absolute atomic E-state index is 12.6. The lowest BCUT2D eigenvalue weighted by Gasteiger charge is -2.34. The van der Waals surface area contributed by atoms with Gasteiger partial charge in [0.1, 0.15) is 0 Å². The average Bonchev–Trinajstić information content (AvgIpc) is 3.22. The maximum atomic E-state index is 12.6. The fraction of sp³-hybridized carbons (Fsp3) is 0.348. The standard InChI is InChI=1S/C23H27N7O3/c1-18-22(25-26-29(18)20-8-5-9-21(16-20)30(32)33)23(31)24-10-11-27-12-14-28(15-13-27)17-19-6-3-2-4-7-19/h2-9,16H,10-15,17H2,1H3,(H,24,31). The van der Waals surface area contributed by atoms with E-state index in [1.54, 1.807) is 19.1 Å². The van der Waals surface area contributed by atoms with E-state index >= 15 is 0 Å². The lowest BCUT2D eigenvalue weighted by atomic mass is 10.2. The third-order valence-corrected chi connectivity index (χ3v) is 5.82. The maximum Gasteiger partial charge on any atom is 0.273 e. The number of aromatic nitrogens is 3. The van der Waals surface area contributed by atoms with Gasteiger partial charge in [-0.3, -0.25) is 24.7 Å². The van der Waals surface area contributed by atoms with Crippen molar-refractivity contribution in [2.24, 2.45) is 0 Å². The summed E-state index contributed by atoms with van der Waals surface area (Å²) in [6.45, 7) is 7.89. The molecule has 0 radical (unpaired) electrons. The van der Waals surface area contributed by atoms with Crippen LogP contribution in [-0.4, -0.2) is 74.9 Å². The first-order valence-corrected chi connectivity index (χ1v) is 11.0. The van der Waals surface area contributed by atoms with E-state index in [2.05, 4.69) is 49.7 Å². The Bertz CT molecular complexity index is 1110. The number of carbonyl (C=O) groups excluding carboxylic acids is 1. The first-order chi connectivity index (χ1) is 16.0. The van der Waals surface area contributed by atoms with Crippen LogP contribution in [0, 0.1) is 17.0 Å². The van der Waals surface area contributed by atoms with Gasteiger partial charge in [-0.25, -0.2) is 4.68 Å². The van der Waals surface area contributed by atoms with Crippen molar-refractivity contribution < 1.29 is 9.72 Å². The third kappa shape index (κ3) is 5.60. The van der Waals surface area contributed by atoms with Crippen LogP contribution in [0.15, 0.2) is 54.6 Å². The molecule has 3 aromatic rings. The van der Waals surface area contributed by atoms with E-state index in [1.807, 2.05) is 6.07 Å². The molecule has 0 atom stereocenters. The number of nitrogens with one attached hydrogen (secondary N) is 1. The molecule has 2 heterocycles. The summed E-state index contributed by atoms with van der Waals surface area (Å²) in [7, 11) is 0. The molecule has 0 aliphatic carbocycles. The number of non-ortho nitro benzene ring substituents is 1. The highest BCUT2D eigenvalue weighted by molar-refractivity contribution is 5.93. The fourth-order valence-electron chi connectivity index (χ4n) is 3.95. The molecule has 1 aliphatic heterocycles. The Morgan fingerprint density at radius 2 is 1.79 bits per heavy atom. The van der Waals surface area contributed by atoms with E-state index in [1.165, 1.54) is 22.4 Å². The number of amides is 1. The van der Waals surface area contributed by atoms with E-state index in [4.69, 9.17) is 0 Å². The van der Waals surface area contributed by atoms with Gasteiger partial charge in [0.2, 0.25) is 0 Å². The van der Waals surface area contributed by atoms with Crippen molar-refractivity contribution in [2.45, 2.75) is 13.5 Å². The molecule has 0 saturated carbocycles. The second-order valence-electron chi connectivity index (χ2n) is 8.07. The zero-order valence-corrected chi connectivity index (χ0v) is 18.6. The summed E-state index contributed by atoms with van der Waals surface area (Å²) in [5.41, 5.74) is 2.52. The van der Waals surface area contributed by atoms with Crippen molar-refractivity contribution in [3.8, 4) is 5.69 Å². The molecule has 2 aromatic carbocycles. The highest BCUT2D eigenvalue weighted by atomic mass is 16.6. The molecular weight excluding hydrogens is 422 g/mol. The number of piperazine rings is 1. The summed E-state index contributed by atoms with van der Waals surface area (Å²) >= 11 is 0. The van der Waals surface area contributed by atoms with Crippen molar-refractivity contribution in [3.05, 3.63) is 81.7 Å². The van der Waals surface area contributed by atoms with Crippen LogP contribution in [0.2, 0.25) is 0 Å². The number of carbonyl (C=O) groups is 1. The van der Waals surface area contributed by atoms with Crippen LogP contribution in [-0.2, 0) is 6.54 Å². The largest absolute Gasteiger partial charge is 0.349 e. The normalized spacial score (nSPS) is 14.8. The highest BCUT2D eigenvalue weighted by Crippen LogP contribution is 2.18. The summed E-state index contributed by atoms with van der Waals surface area (Å²) < 4.78 is 1.44. The Labute approximate surface area is 192 Å². The number of benzene rings is 2. The van der Waals surface area contributed by atoms with Crippen LogP contribution in [0.5, 0.6) is 0 Å². The third-order valence-electron chi connectivity index (χ3n) is 5.82. The molecule has 0 unspecified atom stereocenters. The number of nitrogens with zero attached hydrogens (tertiary/aromatic N) is 6. The van der Waals surface area contributed by atoms with E-state index in [-0.39, 0.29) is 17.3 Å². The van der Waals surface area contributed by atoms with Gasteiger partial charge in [0.15, 0.2) is 5.69 Å². The quantitative estimate of drug-likeness (QED) is 0.414. The Morgan fingerprint density at radius 1 is 1.06 bits per heavy atom. The Balaban J connectivity index is 1.25. The van der Waals surface area contributed by atoms with Crippen molar-refractivity contribution in [1.29, 1.82) is 0 Å². The fourth-order valence-corrected chi connectivity index (χ4v) is 3.95. The molecule has 33 heavy (non-hydrogen) atoms. The zero-order valence-electron chi connectivity index (χ0n) is 18.6. The lowest BCUT2D eigenvalue weighted by Crippen LogP contribution is -2.48. The molecule has 1 N–H and O–H groups in total. The smallest absolute Gasteiger partial charge is 0.273 e. The number of nitro groups is 1. The monoisotopic (exact) mass is 449 g/mol.